The molecule has 1 fully saturated rings. The predicted octanol–water partition coefficient (Wildman–Crippen LogP) is 2.25. The summed E-state index contributed by atoms with van der Waals surface area (Å²) in [5, 5.41) is 1.76. The molecule has 4 heteroatoms. The van der Waals surface area contributed by atoms with E-state index in [1.165, 1.54) is 6.07 Å². The molecule has 15 heavy (non-hydrogen) atoms. The van der Waals surface area contributed by atoms with Gasteiger partial charge in [0.2, 0.25) is 0 Å². The van der Waals surface area contributed by atoms with Crippen LogP contribution in [0, 0.1) is 12.7 Å². The van der Waals surface area contributed by atoms with Crippen molar-refractivity contribution in [2.45, 2.75) is 19.8 Å². The molecular formula is C11H15FN2O. The van der Waals surface area contributed by atoms with Gasteiger partial charge in [-0.05, 0) is 37.5 Å². The zero-order valence-corrected chi connectivity index (χ0v) is 8.79. The lowest BCUT2D eigenvalue weighted by atomic mass is 10.1. The van der Waals surface area contributed by atoms with Gasteiger partial charge in [0, 0.05) is 6.54 Å². The highest BCUT2D eigenvalue weighted by Crippen LogP contribution is 2.28. The molecule has 0 amide bonds. The molecule has 1 heterocycles. The Balaban J connectivity index is 2.30. The van der Waals surface area contributed by atoms with Crippen LogP contribution in [-0.4, -0.2) is 13.2 Å². The maximum atomic E-state index is 13.2. The van der Waals surface area contributed by atoms with Crippen LogP contribution in [-0.2, 0) is 4.84 Å². The van der Waals surface area contributed by atoms with Crippen LogP contribution in [0.15, 0.2) is 12.1 Å². The Morgan fingerprint density at radius 1 is 1.40 bits per heavy atom. The van der Waals surface area contributed by atoms with Gasteiger partial charge in [0.15, 0.2) is 0 Å². The third-order valence-electron chi connectivity index (χ3n) is 2.58. The normalized spacial score (nSPS) is 16.8. The first-order chi connectivity index (χ1) is 7.18. The Bertz CT molecular complexity index is 362. The van der Waals surface area contributed by atoms with Gasteiger partial charge in [-0.2, -0.15) is 0 Å². The van der Waals surface area contributed by atoms with Gasteiger partial charge >= 0.3 is 0 Å². The van der Waals surface area contributed by atoms with Gasteiger partial charge in [0.25, 0.3) is 0 Å². The summed E-state index contributed by atoms with van der Waals surface area (Å²) in [6, 6.07) is 3.08. The van der Waals surface area contributed by atoms with E-state index < -0.39 is 0 Å². The SMILES string of the molecule is Cc1cc(N2CCCCO2)c(N)cc1F. The maximum Gasteiger partial charge on any atom is 0.128 e. The molecule has 82 valence electrons. The van der Waals surface area contributed by atoms with E-state index in [4.69, 9.17) is 10.6 Å². The summed E-state index contributed by atoms with van der Waals surface area (Å²) >= 11 is 0. The van der Waals surface area contributed by atoms with Crippen molar-refractivity contribution in [1.82, 2.24) is 0 Å². The van der Waals surface area contributed by atoms with Crippen molar-refractivity contribution in [2.75, 3.05) is 23.9 Å². The predicted molar refractivity (Wildman–Crippen MR) is 58.1 cm³/mol. The van der Waals surface area contributed by atoms with Crippen molar-refractivity contribution < 1.29 is 9.23 Å². The molecule has 0 aromatic heterocycles. The van der Waals surface area contributed by atoms with Gasteiger partial charge in [-0.15, -0.1) is 0 Å². The Morgan fingerprint density at radius 3 is 2.87 bits per heavy atom. The highest BCUT2D eigenvalue weighted by molar-refractivity contribution is 5.67. The van der Waals surface area contributed by atoms with Crippen molar-refractivity contribution >= 4 is 11.4 Å². The van der Waals surface area contributed by atoms with Crippen LogP contribution < -0.4 is 10.8 Å². The number of nitrogens with two attached hydrogens (primary N) is 1. The second kappa shape index (κ2) is 4.06. The summed E-state index contributed by atoms with van der Waals surface area (Å²) in [6.45, 7) is 3.24. The van der Waals surface area contributed by atoms with Crippen molar-refractivity contribution in [3.8, 4) is 0 Å². The quantitative estimate of drug-likeness (QED) is 0.722. The number of rotatable bonds is 1. The molecule has 1 aliphatic rings. The fourth-order valence-corrected chi connectivity index (χ4v) is 1.68. The van der Waals surface area contributed by atoms with E-state index in [0.29, 0.717) is 17.9 Å². The average Bonchev–Trinajstić information content (AvgIpc) is 2.25. The molecule has 0 saturated carbocycles. The summed E-state index contributed by atoms with van der Waals surface area (Å²) in [6.07, 6.45) is 2.15. The Morgan fingerprint density at radius 2 is 2.20 bits per heavy atom. The number of halogens is 1. The van der Waals surface area contributed by atoms with Crippen LogP contribution in [0.3, 0.4) is 0 Å². The topological polar surface area (TPSA) is 38.5 Å². The summed E-state index contributed by atoms with van der Waals surface area (Å²) in [4.78, 5) is 5.47. The van der Waals surface area contributed by atoms with Gasteiger partial charge in [-0.3, -0.25) is 9.90 Å². The molecule has 0 spiro atoms. The molecule has 3 nitrogen and oxygen atoms in total. The van der Waals surface area contributed by atoms with E-state index in [1.807, 2.05) is 0 Å². The monoisotopic (exact) mass is 210 g/mol. The molecule has 1 aliphatic heterocycles. The van der Waals surface area contributed by atoms with E-state index in [-0.39, 0.29) is 5.82 Å². The van der Waals surface area contributed by atoms with Gasteiger partial charge < -0.3 is 5.73 Å². The summed E-state index contributed by atoms with van der Waals surface area (Å²) in [5.74, 6) is -0.270. The fraction of sp³-hybridized carbons (Fsp3) is 0.455. The molecule has 0 unspecified atom stereocenters. The minimum atomic E-state index is -0.270. The van der Waals surface area contributed by atoms with Crippen LogP contribution >= 0.6 is 0 Å². The summed E-state index contributed by atoms with van der Waals surface area (Å²) in [7, 11) is 0. The second-order valence-electron chi connectivity index (χ2n) is 3.80. The number of hydrogen-bond donors (Lipinski definition) is 1. The number of nitrogen functional groups attached to an aromatic ring is 1. The number of hydrogen-bond acceptors (Lipinski definition) is 3. The van der Waals surface area contributed by atoms with Gasteiger partial charge in [-0.25, -0.2) is 4.39 Å². The molecule has 2 rings (SSSR count). The van der Waals surface area contributed by atoms with Crippen molar-refractivity contribution in [2.24, 2.45) is 0 Å². The van der Waals surface area contributed by atoms with Crippen LogP contribution in [0.4, 0.5) is 15.8 Å². The first-order valence-corrected chi connectivity index (χ1v) is 5.14. The van der Waals surface area contributed by atoms with Crippen molar-refractivity contribution in [3.63, 3.8) is 0 Å². The van der Waals surface area contributed by atoms with Crippen molar-refractivity contribution in [1.29, 1.82) is 0 Å². The Hall–Kier alpha value is -1.29. The van der Waals surface area contributed by atoms with E-state index >= 15 is 0 Å². The van der Waals surface area contributed by atoms with Gasteiger partial charge in [0.1, 0.15) is 5.82 Å². The number of nitrogens with zero attached hydrogens (tertiary/aromatic N) is 1. The molecule has 2 N–H and O–H groups in total. The molecule has 0 atom stereocenters. The molecule has 1 aromatic rings. The Labute approximate surface area is 88.6 Å². The highest BCUT2D eigenvalue weighted by Gasteiger charge is 2.15. The van der Waals surface area contributed by atoms with Crippen molar-refractivity contribution in [3.05, 3.63) is 23.5 Å². The zero-order valence-electron chi connectivity index (χ0n) is 8.79. The average molecular weight is 210 g/mol. The van der Waals surface area contributed by atoms with Crippen LogP contribution in [0.1, 0.15) is 18.4 Å². The molecule has 1 aromatic carbocycles. The summed E-state index contributed by atoms with van der Waals surface area (Å²) in [5.41, 5.74) is 7.55. The third-order valence-corrected chi connectivity index (χ3v) is 2.58. The second-order valence-corrected chi connectivity index (χ2v) is 3.80. The van der Waals surface area contributed by atoms with E-state index in [1.54, 1.807) is 18.1 Å². The maximum absolute atomic E-state index is 13.2. The standard InChI is InChI=1S/C11H15FN2O/c1-8-6-11(10(13)7-9(8)12)14-4-2-3-5-15-14/h6-7H,2-5,13H2,1H3. The number of hydroxylamine groups is 1. The van der Waals surface area contributed by atoms with Gasteiger partial charge in [-0.1, -0.05) is 0 Å². The molecule has 0 aliphatic carbocycles. The lowest BCUT2D eigenvalue weighted by molar-refractivity contribution is 0.0781. The molecular weight excluding hydrogens is 195 g/mol. The minimum absolute atomic E-state index is 0.270. The van der Waals surface area contributed by atoms with E-state index in [0.717, 1.165) is 25.1 Å². The first-order valence-electron chi connectivity index (χ1n) is 5.14. The van der Waals surface area contributed by atoms with Gasteiger partial charge in [0.05, 0.1) is 18.0 Å². The lowest BCUT2D eigenvalue weighted by Crippen LogP contribution is -2.30. The molecule has 0 bridgehead atoms. The van der Waals surface area contributed by atoms with Crippen LogP contribution in [0.5, 0.6) is 0 Å². The first kappa shape index (κ1) is 10.2. The minimum Gasteiger partial charge on any atom is -0.397 e. The number of benzene rings is 1. The third kappa shape index (κ3) is 2.04. The van der Waals surface area contributed by atoms with E-state index in [9.17, 15) is 4.39 Å². The highest BCUT2D eigenvalue weighted by atomic mass is 19.1. The number of anilines is 2. The zero-order chi connectivity index (χ0) is 10.8. The molecule has 1 saturated heterocycles. The lowest BCUT2D eigenvalue weighted by Gasteiger charge is -2.29. The smallest absolute Gasteiger partial charge is 0.128 e. The molecule has 0 radical (unpaired) electrons. The van der Waals surface area contributed by atoms with Crippen LogP contribution in [0.2, 0.25) is 0 Å². The fourth-order valence-electron chi connectivity index (χ4n) is 1.68. The van der Waals surface area contributed by atoms with Crippen LogP contribution in [0.25, 0.3) is 0 Å². The van der Waals surface area contributed by atoms with E-state index in [2.05, 4.69) is 0 Å². The summed E-state index contributed by atoms with van der Waals surface area (Å²) < 4.78 is 13.2. The Kier molecular flexibility index (Phi) is 2.77. The largest absolute Gasteiger partial charge is 0.397 e. The number of aryl methyl sites for hydroxylation is 1.